The molecule has 0 spiro atoms. The van der Waals surface area contributed by atoms with Gasteiger partial charge in [0.2, 0.25) is 15.7 Å². The maximum Gasteiger partial charge on any atom is 0.296 e. The second-order valence-corrected chi connectivity index (χ2v) is 10.6. The van der Waals surface area contributed by atoms with E-state index in [4.69, 9.17) is 4.74 Å². The van der Waals surface area contributed by atoms with Crippen molar-refractivity contribution in [3.63, 3.8) is 0 Å². The number of nitrogens with zero attached hydrogens (tertiary/aromatic N) is 2. The maximum absolute atomic E-state index is 13.3. The summed E-state index contributed by atoms with van der Waals surface area (Å²) in [5.41, 5.74) is -0.152. The van der Waals surface area contributed by atoms with E-state index in [1.54, 1.807) is 12.1 Å². The van der Waals surface area contributed by atoms with Crippen LogP contribution in [0.1, 0.15) is 30.3 Å². The predicted octanol–water partition coefficient (Wildman–Crippen LogP) is 3.73. The highest BCUT2D eigenvalue weighted by Gasteiger charge is 2.34. The highest BCUT2D eigenvalue weighted by molar-refractivity contribution is 9.10. The number of hydrogen-bond acceptors (Lipinski definition) is 6. The van der Waals surface area contributed by atoms with Crippen LogP contribution in [0.25, 0.3) is 0 Å². The van der Waals surface area contributed by atoms with Crippen molar-refractivity contribution in [3.05, 3.63) is 80.8 Å². The summed E-state index contributed by atoms with van der Waals surface area (Å²) in [4.78, 5) is 16.2. The molecule has 9 heteroatoms. The molecule has 1 aromatic heterocycles. The Bertz CT molecular complexity index is 1270. The number of sulfone groups is 1. The normalized spacial score (nSPS) is 14.9. The number of benzene rings is 2. The van der Waals surface area contributed by atoms with Crippen molar-refractivity contribution in [2.75, 3.05) is 13.7 Å². The standard InChI is InChI=1S/C23H23BrN2O5S/c1-31-14-19(16-5-3-2-4-6-16)26-20(13-15-7-8-15)25-22(27)21(23(26)28)32(29,30)18-11-9-17(24)10-12-18/h2-6,9-12,15,19,28H,7-8,13-14H2,1H3. The molecule has 1 heterocycles. The Morgan fingerprint density at radius 1 is 1.16 bits per heavy atom. The summed E-state index contributed by atoms with van der Waals surface area (Å²) >= 11 is 3.27. The molecule has 0 saturated heterocycles. The average molecular weight is 519 g/mol. The zero-order chi connectivity index (χ0) is 22.9. The Kier molecular flexibility index (Phi) is 6.50. The first-order valence-corrected chi connectivity index (χ1v) is 12.5. The fourth-order valence-electron chi connectivity index (χ4n) is 3.72. The fourth-order valence-corrected chi connectivity index (χ4v) is 5.33. The van der Waals surface area contributed by atoms with E-state index in [9.17, 15) is 18.3 Å². The van der Waals surface area contributed by atoms with E-state index in [1.165, 1.54) is 23.8 Å². The van der Waals surface area contributed by atoms with E-state index in [0.29, 0.717) is 22.6 Å². The number of hydrogen-bond donors (Lipinski definition) is 1. The molecule has 0 bridgehead atoms. The first kappa shape index (κ1) is 22.7. The molecular formula is C23H23BrN2O5S. The van der Waals surface area contributed by atoms with Crippen LogP contribution in [-0.2, 0) is 21.0 Å². The van der Waals surface area contributed by atoms with Crippen LogP contribution in [0.15, 0.2) is 73.7 Å². The van der Waals surface area contributed by atoms with Gasteiger partial charge in [-0.05, 0) is 48.6 Å². The van der Waals surface area contributed by atoms with Crippen LogP contribution >= 0.6 is 15.9 Å². The van der Waals surface area contributed by atoms with E-state index < -0.39 is 32.2 Å². The molecule has 1 fully saturated rings. The summed E-state index contributed by atoms with van der Waals surface area (Å²) in [6, 6.07) is 14.6. The topological polar surface area (TPSA) is 98.5 Å². The third-order valence-electron chi connectivity index (χ3n) is 5.52. The highest BCUT2D eigenvalue weighted by atomic mass is 79.9. The minimum Gasteiger partial charge on any atom is -0.493 e. The largest absolute Gasteiger partial charge is 0.493 e. The molecule has 0 aliphatic heterocycles. The molecule has 1 N–H and O–H groups in total. The molecule has 0 amide bonds. The van der Waals surface area contributed by atoms with Crippen molar-refractivity contribution >= 4 is 25.8 Å². The van der Waals surface area contributed by atoms with E-state index in [-0.39, 0.29) is 11.5 Å². The Morgan fingerprint density at radius 3 is 2.41 bits per heavy atom. The summed E-state index contributed by atoms with van der Waals surface area (Å²) in [6.45, 7) is 0.164. The van der Waals surface area contributed by atoms with Crippen molar-refractivity contribution < 1.29 is 18.3 Å². The van der Waals surface area contributed by atoms with Gasteiger partial charge in [0.05, 0.1) is 17.5 Å². The average Bonchev–Trinajstić information content (AvgIpc) is 3.57. The van der Waals surface area contributed by atoms with Gasteiger partial charge in [-0.3, -0.25) is 9.36 Å². The molecule has 32 heavy (non-hydrogen) atoms. The SMILES string of the molecule is COCC(c1ccccc1)n1c(CC2CC2)nc(=O)c(S(=O)(=O)c2ccc(Br)cc2)c1O. The third kappa shape index (κ3) is 4.51. The molecule has 3 aromatic rings. The summed E-state index contributed by atoms with van der Waals surface area (Å²) in [7, 11) is -2.78. The van der Waals surface area contributed by atoms with Gasteiger partial charge in [0.1, 0.15) is 5.82 Å². The minimum absolute atomic E-state index is 0.0978. The van der Waals surface area contributed by atoms with Gasteiger partial charge in [-0.25, -0.2) is 8.42 Å². The molecule has 1 saturated carbocycles. The van der Waals surface area contributed by atoms with Gasteiger partial charge in [-0.2, -0.15) is 4.98 Å². The van der Waals surface area contributed by atoms with Crippen molar-refractivity contribution in [2.45, 2.75) is 35.1 Å². The zero-order valence-electron chi connectivity index (χ0n) is 17.4. The lowest BCUT2D eigenvalue weighted by molar-refractivity contribution is 0.161. The van der Waals surface area contributed by atoms with Crippen LogP contribution in [0.3, 0.4) is 0 Å². The molecular weight excluding hydrogens is 496 g/mol. The summed E-state index contributed by atoms with van der Waals surface area (Å²) in [6.07, 6.45) is 2.50. The minimum atomic E-state index is -4.31. The van der Waals surface area contributed by atoms with Crippen molar-refractivity contribution in [1.29, 1.82) is 0 Å². The molecule has 2 aromatic carbocycles. The van der Waals surface area contributed by atoms with Crippen LogP contribution in [0, 0.1) is 5.92 Å². The monoisotopic (exact) mass is 518 g/mol. The molecule has 4 rings (SSSR count). The number of halogens is 1. The quantitative estimate of drug-likeness (QED) is 0.487. The molecule has 7 nitrogen and oxygen atoms in total. The summed E-state index contributed by atoms with van der Waals surface area (Å²) in [5.74, 6) is 0.102. The van der Waals surface area contributed by atoms with Crippen LogP contribution in [0.5, 0.6) is 5.88 Å². The first-order valence-electron chi connectivity index (χ1n) is 10.2. The molecule has 1 aliphatic carbocycles. The van der Waals surface area contributed by atoms with Gasteiger partial charge < -0.3 is 9.84 Å². The number of ether oxygens (including phenoxy) is 1. The molecule has 1 atom stereocenters. The number of rotatable bonds is 8. The van der Waals surface area contributed by atoms with Crippen LogP contribution in [0.4, 0.5) is 0 Å². The summed E-state index contributed by atoms with van der Waals surface area (Å²) in [5, 5.41) is 11.3. The Labute approximate surface area is 194 Å². The lowest BCUT2D eigenvalue weighted by Gasteiger charge is -2.25. The summed E-state index contributed by atoms with van der Waals surface area (Å²) < 4.78 is 34.2. The van der Waals surface area contributed by atoms with Gasteiger partial charge in [0.15, 0.2) is 4.90 Å². The smallest absolute Gasteiger partial charge is 0.296 e. The van der Waals surface area contributed by atoms with E-state index >= 15 is 0 Å². The number of methoxy groups -OCH3 is 1. The Hall–Kier alpha value is -2.49. The van der Waals surface area contributed by atoms with Crippen molar-refractivity contribution in [3.8, 4) is 5.88 Å². The fraction of sp³-hybridized carbons (Fsp3) is 0.304. The first-order chi connectivity index (χ1) is 15.3. The molecule has 0 radical (unpaired) electrons. The van der Waals surface area contributed by atoms with Gasteiger partial charge in [0, 0.05) is 18.0 Å². The van der Waals surface area contributed by atoms with Gasteiger partial charge in [-0.1, -0.05) is 46.3 Å². The van der Waals surface area contributed by atoms with Gasteiger partial charge in [0.25, 0.3) is 5.56 Å². The van der Waals surface area contributed by atoms with Crippen molar-refractivity contribution in [1.82, 2.24) is 9.55 Å². The van der Waals surface area contributed by atoms with Gasteiger partial charge in [-0.15, -0.1) is 0 Å². The second kappa shape index (κ2) is 9.17. The predicted molar refractivity (Wildman–Crippen MR) is 123 cm³/mol. The molecule has 168 valence electrons. The van der Waals surface area contributed by atoms with E-state index in [2.05, 4.69) is 20.9 Å². The highest BCUT2D eigenvalue weighted by Crippen LogP contribution is 2.36. The molecule has 1 aliphatic rings. The lowest BCUT2D eigenvalue weighted by atomic mass is 10.1. The maximum atomic E-state index is 13.3. The van der Waals surface area contributed by atoms with Crippen LogP contribution in [0.2, 0.25) is 0 Å². The number of aromatic hydroxyl groups is 1. The third-order valence-corrected chi connectivity index (χ3v) is 7.83. The Morgan fingerprint density at radius 2 is 1.81 bits per heavy atom. The van der Waals surface area contributed by atoms with E-state index in [0.717, 1.165) is 18.4 Å². The van der Waals surface area contributed by atoms with Crippen molar-refractivity contribution in [2.24, 2.45) is 5.92 Å². The zero-order valence-corrected chi connectivity index (χ0v) is 19.8. The second-order valence-electron chi connectivity index (χ2n) is 7.84. The van der Waals surface area contributed by atoms with Gasteiger partial charge >= 0.3 is 0 Å². The van der Waals surface area contributed by atoms with E-state index in [1.807, 2.05) is 30.3 Å². The molecule has 1 unspecified atom stereocenters. The van der Waals surface area contributed by atoms with Crippen LogP contribution in [-0.4, -0.2) is 36.8 Å². The lowest BCUT2D eigenvalue weighted by Crippen LogP contribution is -2.29. The number of aromatic nitrogens is 2. The Balaban J connectivity index is 1.95. The van der Waals surface area contributed by atoms with Crippen LogP contribution < -0.4 is 5.56 Å².